The van der Waals surface area contributed by atoms with Crippen LogP contribution in [0.5, 0.6) is 5.75 Å². The van der Waals surface area contributed by atoms with E-state index in [0.29, 0.717) is 6.54 Å². The summed E-state index contributed by atoms with van der Waals surface area (Å²) in [5, 5.41) is 6.18. The van der Waals surface area contributed by atoms with Gasteiger partial charge in [0.05, 0.1) is 0 Å². The van der Waals surface area contributed by atoms with Gasteiger partial charge in [0.25, 0.3) is 5.91 Å². The predicted octanol–water partition coefficient (Wildman–Crippen LogP) is 0.0868. The number of hydrogen-bond donors (Lipinski definition) is 2. The van der Waals surface area contributed by atoms with Crippen LogP contribution >= 0.6 is 0 Å². The van der Waals surface area contributed by atoms with Crippen LogP contribution in [0.3, 0.4) is 0 Å². The molecule has 5 heteroatoms. The number of carbonyl (C=O) groups is 1. The summed E-state index contributed by atoms with van der Waals surface area (Å²) in [6.45, 7) is 5.82. The van der Waals surface area contributed by atoms with Crippen molar-refractivity contribution in [2.45, 2.75) is 0 Å². The Hall–Kier alpha value is -1.59. The zero-order chi connectivity index (χ0) is 13.3. The minimum Gasteiger partial charge on any atom is -0.484 e. The third-order valence-corrected chi connectivity index (χ3v) is 3.07. The molecule has 19 heavy (non-hydrogen) atoms. The van der Waals surface area contributed by atoms with Gasteiger partial charge in [0.15, 0.2) is 6.61 Å². The zero-order valence-corrected chi connectivity index (χ0v) is 11.1. The van der Waals surface area contributed by atoms with Crippen molar-refractivity contribution in [2.24, 2.45) is 0 Å². The molecule has 1 saturated heterocycles. The van der Waals surface area contributed by atoms with Crippen LogP contribution in [0.2, 0.25) is 0 Å². The minimum atomic E-state index is -0.0704. The summed E-state index contributed by atoms with van der Waals surface area (Å²) >= 11 is 0. The second-order valence-electron chi connectivity index (χ2n) is 4.54. The van der Waals surface area contributed by atoms with Crippen molar-refractivity contribution in [1.82, 2.24) is 15.5 Å². The quantitative estimate of drug-likeness (QED) is 0.763. The maximum absolute atomic E-state index is 11.6. The highest BCUT2D eigenvalue weighted by molar-refractivity contribution is 5.77. The molecule has 0 spiro atoms. The molecule has 1 fully saturated rings. The Balaban J connectivity index is 1.57. The number of piperazine rings is 1. The summed E-state index contributed by atoms with van der Waals surface area (Å²) in [6, 6.07) is 9.37. The average molecular weight is 263 g/mol. The molecule has 0 bridgehead atoms. The van der Waals surface area contributed by atoms with E-state index in [9.17, 15) is 4.79 Å². The molecule has 104 valence electrons. The van der Waals surface area contributed by atoms with Crippen LogP contribution in [-0.4, -0.2) is 56.7 Å². The van der Waals surface area contributed by atoms with Gasteiger partial charge >= 0.3 is 0 Å². The van der Waals surface area contributed by atoms with Crippen LogP contribution in [0, 0.1) is 0 Å². The van der Waals surface area contributed by atoms with E-state index < -0.39 is 0 Å². The lowest BCUT2D eigenvalue weighted by molar-refractivity contribution is -0.123. The number of para-hydroxylation sites is 1. The van der Waals surface area contributed by atoms with Gasteiger partial charge in [-0.1, -0.05) is 18.2 Å². The standard InChI is InChI=1S/C14H21N3O2/c18-14(12-19-13-4-2-1-3-5-13)16-8-11-17-9-6-15-7-10-17/h1-5,15H,6-12H2,(H,16,18). The van der Waals surface area contributed by atoms with E-state index in [1.165, 1.54) is 0 Å². The fourth-order valence-corrected chi connectivity index (χ4v) is 2.00. The lowest BCUT2D eigenvalue weighted by atomic mass is 10.3. The molecule has 0 radical (unpaired) electrons. The molecule has 2 rings (SSSR count). The van der Waals surface area contributed by atoms with E-state index in [-0.39, 0.29) is 12.5 Å². The molecule has 0 aromatic heterocycles. The van der Waals surface area contributed by atoms with E-state index in [1.807, 2.05) is 30.3 Å². The van der Waals surface area contributed by atoms with Gasteiger partial charge in [-0.2, -0.15) is 0 Å². The lowest BCUT2D eigenvalue weighted by Gasteiger charge is -2.27. The highest BCUT2D eigenvalue weighted by atomic mass is 16.5. The molecule has 1 aromatic carbocycles. The fraction of sp³-hybridized carbons (Fsp3) is 0.500. The molecule has 1 aromatic rings. The summed E-state index contributed by atoms with van der Waals surface area (Å²) in [4.78, 5) is 13.9. The van der Waals surface area contributed by atoms with Crippen LogP contribution < -0.4 is 15.4 Å². The Labute approximate surface area is 113 Å². The van der Waals surface area contributed by atoms with Gasteiger partial charge in [-0.25, -0.2) is 0 Å². The summed E-state index contributed by atoms with van der Waals surface area (Å²) < 4.78 is 5.37. The van der Waals surface area contributed by atoms with E-state index in [4.69, 9.17) is 4.74 Å². The van der Waals surface area contributed by atoms with E-state index in [1.54, 1.807) is 0 Å². The van der Waals surface area contributed by atoms with E-state index in [2.05, 4.69) is 15.5 Å². The largest absolute Gasteiger partial charge is 0.484 e. The Morgan fingerprint density at radius 3 is 2.74 bits per heavy atom. The molecule has 5 nitrogen and oxygen atoms in total. The molecule has 0 unspecified atom stereocenters. The molecule has 2 N–H and O–H groups in total. The third kappa shape index (κ3) is 5.28. The Kier molecular flexibility index (Phi) is 5.65. The highest BCUT2D eigenvalue weighted by Crippen LogP contribution is 2.07. The molecular weight excluding hydrogens is 242 g/mol. The van der Waals surface area contributed by atoms with Crippen LogP contribution in [0.15, 0.2) is 30.3 Å². The van der Waals surface area contributed by atoms with Crippen molar-refractivity contribution in [2.75, 3.05) is 45.9 Å². The second-order valence-corrected chi connectivity index (χ2v) is 4.54. The molecule has 0 atom stereocenters. The molecule has 0 saturated carbocycles. The topological polar surface area (TPSA) is 53.6 Å². The number of nitrogens with one attached hydrogen (secondary N) is 2. The van der Waals surface area contributed by atoms with Gasteiger partial charge in [-0.3, -0.25) is 9.69 Å². The van der Waals surface area contributed by atoms with Crippen molar-refractivity contribution in [1.29, 1.82) is 0 Å². The number of carbonyl (C=O) groups excluding carboxylic acids is 1. The molecule has 1 aliphatic heterocycles. The van der Waals surface area contributed by atoms with Crippen molar-refractivity contribution in [3.05, 3.63) is 30.3 Å². The number of amides is 1. The smallest absolute Gasteiger partial charge is 0.257 e. The predicted molar refractivity (Wildman–Crippen MR) is 74.3 cm³/mol. The maximum atomic E-state index is 11.6. The Morgan fingerprint density at radius 1 is 1.26 bits per heavy atom. The number of hydrogen-bond acceptors (Lipinski definition) is 4. The number of rotatable bonds is 6. The summed E-state index contributed by atoms with van der Waals surface area (Å²) in [5.74, 6) is 0.652. The van der Waals surface area contributed by atoms with Crippen LogP contribution in [-0.2, 0) is 4.79 Å². The summed E-state index contributed by atoms with van der Waals surface area (Å²) in [7, 11) is 0. The first-order valence-electron chi connectivity index (χ1n) is 6.72. The molecule has 1 heterocycles. The number of ether oxygens (including phenoxy) is 1. The van der Waals surface area contributed by atoms with Gasteiger partial charge in [0.1, 0.15) is 5.75 Å². The fourth-order valence-electron chi connectivity index (χ4n) is 2.00. The van der Waals surface area contributed by atoms with Gasteiger partial charge < -0.3 is 15.4 Å². The summed E-state index contributed by atoms with van der Waals surface area (Å²) in [6.07, 6.45) is 0. The zero-order valence-electron chi connectivity index (χ0n) is 11.1. The molecule has 1 amide bonds. The normalized spacial score (nSPS) is 16.0. The highest BCUT2D eigenvalue weighted by Gasteiger charge is 2.09. The maximum Gasteiger partial charge on any atom is 0.257 e. The van der Waals surface area contributed by atoms with Gasteiger partial charge in [0.2, 0.25) is 0 Å². The monoisotopic (exact) mass is 263 g/mol. The first-order chi connectivity index (χ1) is 9.34. The van der Waals surface area contributed by atoms with Crippen LogP contribution in [0.4, 0.5) is 0 Å². The van der Waals surface area contributed by atoms with E-state index >= 15 is 0 Å². The van der Waals surface area contributed by atoms with Crippen LogP contribution in [0.25, 0.3) is 0 Å². The van der Waals surface area contributed by atoms with Gasteiger partial charge in [0, 0.05) is 39.3 Å². The molecule has 0 aliphatic carbocycles. The summed E-state index contributed by atoms with van der Waals surface area (Å²) in [5.41, 5.74) is 0. The van der Waals surface area contributed by atoms with Gasteiger partial charge in [-0.15, -0.1) is 0 Å². The number of nitrogens with zero attached hydrogens (tertiary/aromatic N) is 1. The first-order valence-corrected chi connectivity index (χ1v) is 6.72. The Morgan fingerprint density at radius 2 is 2.00 bits per heavy atom. The SMILES string of the molecule is O=C(COc1ccccc1)NCCN1CCNCC1. The van der Waals surface area contributed by atoms with Crippen molar-refractivity contribution in [3.63, 3.8) is 0 Å². The number of benzene rings is 1. The van der Waals surface area contributed by atoms with Crippen molar-refractivity contribution >= 4 is 5.91 Å². The van der Waals surface area contributed by atoms with E-state index in [0.717, 1.165) is 38.5 Å². The minimum absolute atomic E-state index is 0.0704. The second kappa shape index (κ2) is 7.76. The lowest BCUT2D eigenvalue weighted by Crippen LogP contribution is -2.46. The average Bonchev–Trinajstić information content (AvgIpc) is 2.47. The Bertz CT molecular complexity index is 378. The van der Waals surface area contributed by atoms with Crippen LogP contribution in [0.1, 0.15) is 0 Å². The van der Waals surface area contributed by atoms with Crippen molar-refractivity contribution in [3.8, 4) is 5.75 Å². The van der Waals surface area contributed by atoms with Crippen molar-refractivity contribution < 1.29 is 9.53 Å². The first kappa shape index (κ1) is 13.8. The third-order valence-electron chi connectivity index (χ3n) is 3.07. The molecular formula is C14H21N3O2. The van der Waals surface area contributed by atoms with Gasteiger partial charge in [-0.05, 0) is 12.1 Å². The molecule has 1 aliphatic rings.